The van der Waals surface area contributed by atoms with Crippen molar-refractivity contribution in [2.24, 2.45) is 0 Å². The molecule has 2 fully saturated rings. The molecule has 0 radical (unpaired) electrons. The van der Waals surface area contributed by atoms with E-state index in [4.69, 9.17) is 0 Å². The molecule has 2 rings (SSSR count). The first kappa shape index (κ1) is 37.7. The summed E-state index contributed by atoms with van der Waals surface area (Å²) in [7, 11) is 0. The summed E-state index contributed by atoms with van der Waals surface area (Å²) in [6.45, 7) is 15.3. The normalized spacial score (nSPS) is 17.5. The fraction of sp³-hybridized carbons (Fsp3) is 0.950. The Kier molecular flexibility index (Phi) is 23.1. The average molecular weight is 587 g/mol. The van der Waals surface area contributed by atoms with E-state index in [2.05, 4.69) is 25.7 Å². The molecule has 2 aliphatic heterocycles. The minimum Gasteiger partial charge on any atom is -0.313 e. The zero-order chi connectivity index (χ0) is 29.9. The third-order valence-corrected chi connectivity index (χ3v) is 11.0. The molecule has 0 saturated carbocycles. The molecule has 0 amide bonds. The summed E-state index contributed by atoms with van der Waals surface area (Å²) in [6.07, 6.45) is 40.6. The van der Waals surface area contributed by atoms with Crippen LogP contribution in [0.5, 0.6) is 0 Å². The highest BCUT2D eigenvalue weighted by atomic mass is 15.4. The number of likely N-dealkylation sites (tertiary alicyclic amines) is 2. The lowest BCUT2D eigenvalue weighted by Crippen LogP contribution is -2.47. The summed E-state index contributed by atoms with van der Waals surface area (Å²) in [5.41, 5.74) is 0. The lowest BCUT2D eigenvalue weighted by molar-refractivity contribution is -0.911. The number of rotatable bonds is 28. The minimum atomic E-state index is 1.14. The summed E-state index contributed by atoms with van der Waals surface area (Å²) < 4.78 is 2.65. The molecule has 42 heavy (non-hydrogen) atoms. The van der Waals surface area contributed by atoms with Crippen molar-refractivity contribution in [2.75, 3.05) is 52.4 Å². The van der Waals surface area contributed by atoms with Crippen molar-refractivity contribution in [3.05, 3.63) is 0 Å². The average Bonchev–Trinajstić information content (AvgIpc) is 3.67. The van der Waals surface area contributed by atoms with Gasteiger partial charge in [-0.1, -0.05) is 142 Å². The van der Waals surface area contributed by atoms with Crippen LogP contribution in [0.3, 0.4) is 0 Å². The molecule has 2 nitrogen and oxygen atoms in total. The first-order valence-electron chi connectivity index (χ1n) is 19.9. The van der Waals surface area contributed by atoms with Crippen LogP contribution in [0.4, 0.5) is 0 Å². The number of quaternary nitrogens is 2. The molecule has 2 heteroatoms. The smallest absolute Gasteiger partial charge is 0.141 e. The van der Waals surface area contributed by atoms with E-state index in [0.29, 0.717) is 0 Å². The van der Waals surface area contributed by atoms with Gasteiger partial charge in [0.25, 0.3) is 0 Å². The predicted molar refractivity (Wildman–Crippen MR) is 188 cm³/mol. The van der Waals surface area contributed by atoms with Crippen molar-refractivity contribution in [3.63, 3.8) is 0 Å². The Morgan fingerprint density at radius 2 is 0.571 bits per heavy atom. The maximum absolute atomic E-state index is 3.77. The lowest BCUT2D eigenvalue weighted by atomic mass is 10.1. The Morgan fingerprint density at radius 1 is 0.333 bits per heavy atom. The second kappa shape index (κ2) is 25.8. The molecule has 0 unspecified atom stereocenters. The molecule has 0 aromatic rings. The zero-order valence-electron chi connectivity index (χ0n) is 29.4. The Bertz CT molecular complexity index is 592. The molecule has 0 aliphatic carbocycles. The van der Waals surface area contributed by atoms with Crippen molar-refractivity contribution >= 4 is 0 Å². The van der Waals surface area contributed by atoms with E-state index in [0.717, 1.165) is 13.1 Å². The van der Waals surface area contributed by atoms with Crippen LogP contribution in [-0.2, 0) is 0 Å². The summed E-state index contributed by atoms with van der Waals surface area (Å²) >= 11 is 0. The predicted octanol–water partition coefficient (Wildman–Crippen LogP) is 11.6. The van der Waals surface area contributed by atoms with Crippen molar-refractivity contribution in [1.82, 2.24) is 0 Å². The van der Waals surface area contributed by atoms with E-state index < -0.39 is 0 Å². The maximum atomic E-state index is 3.77. The van der Waals surface area contributed by atoms with Crippen molar-refractivity contribution in [2.45, 2.75) is 194 Å². The maximum Gasteiger partial charge on any atom is 0.141 e. The van der Waals surface area contributed by atoms with Crippen LogP contribution in [0.1, 0.15) is 194 Å². The van der Waals surface area contributed by atoms with Crippen LogP contribution in [0.15, 0.2) is 0 Å². The highest BCUT2D eigenvalue weighted by Gasteiger charge is 2.32. The second-order valence-corrected chi connectivity index (χ2v) is 14.9. The van der Waals surface area contributed by atoms with Gasteiger partial charge in [-0.2, -0.15) is 0 Å². The third-order valence-electron chi connectivity index (χ3n) is 11.0. The van der Waals surface area contributed by atoms with Crippen LogP contribution < -0.4 is 0 Å². The number of hydrogen-bond donors (Lipinski definition) is 0. The Hall–Kier alpha value is -0.520. The minimum absolute atomic E-state index is 1.14. The Morgan fingerprint density at radius 3 is 0.833 bits per heavy atom. The van der Waals surface area contributed by atoms with Gasteiger partial charge in [-0.25, -0.2) is 0 Å². The van der Waals surface area contributed by atoms with Gasteiger partial charge < -0.3 is 8.97 Å². The van der Waals surface area contributed by atoms with E-state index in [1.54, 1.807) is 0 Å². The van der Waals surface area contributed by atoms with Gasteiger partial charge in [-0.15, -0.1) is 0 Å². The first-order valence-corrected chi connectivity index (χ1v) is 19.9. The van der Waals surface area contributed by atoms with Gasteiger partial charge in [0.15, 0.2) is 0 Å². The van der Waals surface area contributed by atoms with Gasteiger partial charge in [0.2, 0.25) is 0 Å². The van der Waals surface area contributed by atoms with E-state index in [9.17, 15) is 0 Å². The van der Waals surface area contributed by atoms with Gasteiger partial charge in [0.1, 0.15) is 13.1 Å². The molecule has 0 atom stereocenters. The zero-order valence-corrected chi connectivity index (χ0v) is 29.4. The number of hydrogen-bond acceptors (Lipinski definition) is 0. The number of nitrogens with zero attached hydrogens (tertiary/aromatic N) is 2. The van der Waals surface area contributed by atoms with Crippen molar-refractivity contribution in [3.8, 4) is 11.8 Å². The van der Waals surface area contributed by atoms with Gasteiger partial charge in [-0.05, 0) is 37.5 Å². The molecule has 246 valence electrons. The molecule has 2 saturated heterocycles. The highest BCUT2D eigenvalue weighted by Crippen LogP contribution is 2.23. The van der Waals surface area contributed by atoms with E-state index in [1.165, 1.54) is 228 Å². The van der Waals surface area contributed by atoms with E-state index in [1.807, 2.05) is 0 Å². The Labute approximate surface area is 266 Å². The third kappa shape index (κ3) is 18.3. The van der Waals surface area contributed by atoms with Crippen molar-refractivity contribution in [1.29, 1.82) is 0 Å². The standard InChI is InChI=1S/C40H78N2/c1-3-5-7-9-11-13-15-17-19-21-23-25-33-41(35-27-28-36-41)39-31-32-40-42(37-29-30-38-42)34-26-24-22-20-18-16-14-12-10-8-6-4-2/h3-30,33-40H2,1-2H3/q+2. The van der Waals surface area contributed by atoms with Gasteiger partial charge >= 0.3 is 0 Å². The quantitative estimate of drug-likeness (QED) is 0.0486. The van der Waals surface area contributed by atoms with Gasteiger partial charge in [0.05, 0.1) is 39.3 Å². The SMILES string of the molecule is CCCCCCCCCCCCCC[N+]1(CC#CC[N+]2(CCCCCCCCCCCCCC)CCCC2)CCCC1. The molecule has 0 aromatic heterocycles. The topological polar surface area (TPSA) is 0 Å². The fourth-order valence-electron chi connectivity index (χ4n) is 7.96. The lowest BCUT2D eigenvalue weighted by Gasteiger charge is -2.33. The van der Waals surface area contributed by atoms with Crippen LogP contribution in [0.2, 0.25) is 0 Å². The summed E-state index contributed by atoms with van der Waals surface area (Å²) in [4.78, 5) is 0. The van der Waals surface area contributed by atoms with Crippen LogP contribution in [-0.4, -0.2) is 61.3 Å². The fourth-order valence-corrected chi connectivity index (χ4v) is 7.96. The summed E-state index contributed by atoms with van der Waals surface area (Å²) in [5.74, 6) is 7.53. The molecule has 2 heterocycles. The first-order chi connectivity index (χ1) is 20.7. The van der Waals surface area contributed by atoms with Gasteiger partial charge in [0, 0.05) is 25.7 Å². The molecular formula is C40H78N2+2. The molecular weight excluding hydrogens is 508 g/mol. The monoisotopic (exact) mass is 587 g/mol. The summed E-state index contributed by atoms with van der Waals surface area (Å²) in [5, 5.41) is 0. The number of unbranched alkanes of at least 4 members (excludes halogenated alkanes) is 22. The van der Waals surface area contributed by atoms with Crippen LogP contribution >= 0.6 is 0 Å². The second-order valence-electron chi connectivity index (χ2n) is 14.9. The molecule has 0 spiro atoms. The summed E-state index contributed by atoms with van der Waals surface area (Å²) in [6, 6.07) is 0. The van der Waals surface area contributed by atoms with Gasteiger partial charge in [-0.3, -0.25) is 0 Å². The molecule has 0 aromatic carbocycles. The Balaban J connectivity index is 1.54. The largest absolute Gasteiger partial charge is 0.313 e. The van der Waals surface area contributed by atoms with Crippen LogP contribution in [0.25, 0.3) is 0 Å². The molecule has 0 bridgehead atoms. The molecule has 0 N–H and O–H groups in total. The van der Waals surface area contributed by atoms with E-state index in [-0.39, 0.29) is 0 Å². The van der Waals surface area contributed by atoms with Crippen molar-refractivity contribution < 1.29 is 8.97 Å². The van der Waals surface area contributed by atoms with Crippen LogP contribution in [0, 0.1) is 11.8 Å². The molecule has 2 aliphatic rings. The van der Waals surface area contributed by atoms with E-state index >= 15 is 0 Å². The highest BCUT2D eigenvalue weighted by molar-refractivity contribution is 5.00.